The van der Waals surface area contributed by atoms with Gasteiger partial charge >= 0.3 is 0 Å². The van der Waals surface area contributed by atoms with Crippen molar-refractivity contribution < 1.29 is 0 Å². The average Bonchev–Trinajstić information content (AvgIpc) is 2.47. The summed E-state index contributed by atoms with van der Waals surface area (Å²) in [6.07, 6.45) is 2.87. The zero-order chi connectivity index (χ0) is 13.1. The number of fused-ring (bicyclic) bond motifs is 1. The summed E-state index contributed by atoms with van der Waals surface area (Å²) in [5.41, 5.74) is 5.08. The predicted octanol–water partition coefficient (Wildman–Crippen LogP) is 2.28. The number of rotatable bonds is 3. The summed E-state index contributed by atoms with van der Waals surface area (Å²) in [5.74, 6) is 0.950. The van der Waals surface area contributed by atoms with Crippen molar-refractivity contribution in [3.8, 4) is 0 Å². The summed E-state index contributed by atoms with van der Waals surface area (Å²) in [4.78, 5) is 9.50. The van der Waals surface area contributed by atoms with Crippen LogP contribution < -0.4 is 5.32 Å². The van der Waals surface area contributed by atoms with Crippen molar-refractivity contribution in [2.75, 3.05) is 6.54 Å². The number of aryl methyl sites for hydroxylation is 1. The summed E-state index contributed by atoms with van der Waals surface area (Å²) in [6, 6.07) is 10.4. The van der Waals surface area contributed by atoms with E-state index in [9.17, 15) is 0 Å². The molecule has 1 aliphatic heterocycles. The molecule has 2 heterocycles. The Labute approximate surface area is 114 Å². The highest BCUT2D eigenvalue weighted by Gasteiger charge is 2.16. The van der Waals surface area contributed by atoms with E-state index in [0.717, 1.165) is 38.2 Å². The summed E-state index contributed by atoms with van der Waals surface area (Å²) in [5, 5.41) is 3.39. The molecule has 1 aromatic heterocycles. The minimum Gasteiger partial charge on any atom is -0.311 e. The Bertz CT molecular complexity index is 546. The SMILES string of the molecule is CCc1nc(Cc2ccccc2)nc2c1CCNC2. The van der Waals surface area contributed by atoms with Crippen molar-refractivity contribution in [3.05, 3.63) is 58.7 Å². The van der Waals surface area contributed by atoms with E-state index >= 15 is 0 Å². The van der Waals surface area contributed by atoms with Crippen LogP contribution in [0.3, 0.4) is 0 Å². The first kappa shape index (κ1) is 12.3. The molecule has 0 unspecified atom stereocenters. The van der Waals surface area contributed by atoms with Gasteiger partial charge in [0.05, 0.1) is 5.69 Å². The molecule has 1 aromatic carbocycles. The van der Waals surface area contributed by atoms with Crippen LogP contribution in [0.15, 0.2) is 30.3 Å². The number of nitrogens with one attached hydrogen (secondary N) is 1. The highest BCUT2D eigenvalue weighted by Crippen LogP contribution is 2.17. The van der Waals surface area contributed by atoms with Crippen molar-refractivity contribution in [1.82, 2.24) is 15.3 Å². The first-order chi connectivity index (χ1) is 9.36. The van der Waals surface area contributed by atoms with E-state index in [0.29, 0.717) is 0 Å². The number of benzene rings is 1. The Morgan fingerprint density at radius 2 is 2.00 bits per heavy atom. The Balaban J connectivity index is 1.94. The summed E-state index contributed by atoms with van der Waals surface area (Å²) >= 11 is 0. The molecule has 0 atom stereocenters. The second-order valence-electron chi connectivity index (χ2n) is 4.95. The summed E-state index contributed by atoms with van der Waals surface area (Å²) in [6.45, 7) is 4.10. The van der Waals surface area contributed by atoms with Crippen molar-refractivity contribution in [3.63, 3.8) is 0 Å². The lowest BCUT2D eigenvalue weighted by Gasteiger charge is -2.19. The molecular formula is C16H19N3. The van der Waals surface area contributed by atoms with E-state index in [1.54, 1.807) is 0 Å². The van der Waals surface area contributed by atoms with Crippen LogP contribution in [0.4, 0.5) is 0 Å². The molecule has 0 amide bonds. The van der Waals surface area contributed by atoms with Crippen LogP contribution in [0.1, 0.15) is 35.3 Å². The van der Waals surface area contributed by atoms with E-state index in [4.69, 9.17) is 9.97 Å². The fourth-order valence-electron chi connectivity index (χ4n) is 2.64. The number of hydrogen-bond donors (Lipinski definition) is 1. The van der Waals surface area contributed by atoms with Gasteiger partial charge in [0.25, 0.3) is 0 Å². The van der Waals surface area contributed by atoms with Crippen molar-refractivity contribution in [2.24, 2.45) is 0 Å². The van der Waals surface area contributed by atoms with Gasteiger partial charge in [-0.05, 0) is 30.5 Å². The Morgan fingerprint density at radius 1 is 1.16 bits per heavy atom. The molecule has 0 bridgehead atoms. The topological polar surface area (TPSA) is 37.8 Å². The van der Waals surface area contributed by atoms with Gasteiger partial charge in [0.1, 0.15) is 5.82 Å². The van der Waals surface area contributed by atoms with E-state index in [1.807, 2.05) is 6.07 Å². The molecule has 0 spiro atoms. The first-order valence-electron chi connectivity index (χ1n) is 6.99. The molecule has 1 aliphatic rings. The zero-order valence-electron chi connectivity index (χ0n) is 11.3. The standard InChI is InChI=1S/C16H19N3/c1-2-14-13-8-9-17-11-15(13)19-16(18-14)10-12-6-4-3-5-7-12/h3-7,17H,2,8-11H2,1H3. The minimum absolute atomic E-state index is 0.821. The molecule has 1 N–H and O–H groups in total. The van der Waals surface area contributed by atoms with Gasteiger partial charge in [-0.1, -0.05) is 37.3 Å². The zero-order valence-corrected chi connectivity index (χ0v) is 11.3. The normalized spacial score (nSPS) is 14.2. The van der Waals surface area contributed by atoms with Crippen LogP contribution in [-0.4, -0.2) is 16.5 Å². The largest absolute Gasteiger partial charge is 0.311 e. The first-order valence-corrected chi connectivity index (χ1v) is 6.99. The van der Waals surface area contributed by atoms with E-state index in [2.05, 4.69) is 36.5 Å². The van der Waals surface area contributed by atoms with Crippen molar-refractivity contribution in [2.45, 2.75) is 32.7 Å². The molecule has 98 valence electrons. The van der Waals surface area contributed by atoms with Gasteiger partial charge in [0, 0.05) is 18.7 Å². The molecule has 3 heteroatoms. The second kappa shape index (κ2) is 5.49. The number of nitrogens with zero attached hydrogens (tertiary/aromatic N) is 2. The third kappa shape index (κ3) is 2.66. The molecule has 0 fully saturated rings. The smallest absolute Gasteiger partial charge is 0.133 e. The van der Waals surface area contributed by atoms with Gasteiger partial charge in [-0.15, -0.1) is 0 Å². The van der Waals surface area contributed by atoms with Gasteiger partial charge in [0.15, 0.2) is 0 Å². The minimum atomic E-state index is 0.821. The highest BCUT2D eigenvalue weighted by molar-refractivity contribution is 5.30. The van der Waals surface area contributed by atoms with E-state index in [1.165, 1.54) is 22.5 Å². The fraction of sp³-hybridized carbons (Fsp3) is 0.375. The Kier molecular flexibility index (Phi) is 3.56. The lowest BCUT2D eigenvalue weighted by Crippen LogP contribution is -2.27. The number of hydrogen-bond acceptors (Lipinski definition) is 3. The third-order valence-corrected chi connectivity index (χ3v) is 3.61. The summed E-state index contributed by atoms with van der Waals surface area (Å²) in [7, 11) is 0. The third-order valence-electron chi connectivity index (χ3n) is 3.61. The van der Waals surface area contributed by atoms with Crippen molar-refractivity contribution >= 4 is 0 Å². The molecule has 19 heavy (non-hydrogen) atoms. The van der Waals surface area contributed by atoms with E-state index in [-0.39, 0.29) is 0 Å². The number of aromatic nitrogens is 2. The van der Waals surface area contributed by atoms with Gasteiger partial charge in [-0.3, -0.25) is 0 Å². The molecular weight excluding hydrogens is 234 g/mol. The second-order valence-corrected chi connectivity index (χ2v) is 4.95. The predicted molar refractivity (Wildman–Crippen MR) is 76.1 cm³/mol. The van der Waals surface area contributed by atoms with E-state index < -0.39 is 0 Å². The average molecular weight is 253 g/mol. The monoisotopic (exact) mass is 253 g/mol. The van der Waals surface area contributed by atoms with Gasteiger partial charge in [0.2, 0.25) is 0 Å². The quantitative estimate of drug-likeness (QED) is 0.912. The molecule has 2 aromatic rings. The van der Waals surface area contributed by atoms with Crippen LogP contribution in [0, 0.1) is 0 Å². The molecule has 3 rings (SSSR count). The Hall–Kier alpha value is -1.74. The Morgan fingerprint density at radius 3 is 2.79 bits per heavy atom. The van der Waals surface area contributed by atoms with Crippen molar-refractivity contribution in [1.29, 1.82) is 0 Å². The molecule has 0 saturated heterocycles. The maximum atomic E-state index is 4.76. The molecule has 0 radical (unpaired) electrons. The maximum Gasteiger partial charge on any atom is 0.133 e. The maximum absolute atomic E-state index is 4.76. The fourth-order valence-corrected chi connectivity index (χ4v) is 2.64. The van der Waals surface area contributed by atoms with Crippen LogP contribution in [0.25, 0.3) is 0 Å². The summed E-state index contributed by atoms with van der Waals surface area (Å²) < 4.78 is 0. The van der Waals surface area contributed by atoms with Gasteiger partial charge in [-0.25, -0.2) is 9.97 Å². The lowest BCUT2D eigenvalue weighted by atomic mass is 10.0. The van der Waals surface area contributed by atoms with Crippen LogP contribution in [0.2, 0.25) is 0 Å². The molecule has 0 aliphatic carbocycles. The lowest BCUT2D eigenvalue weighted by molar-refractivity contribution is 0.610. The molecule has 0 saturated carbocycles. The molecule has 3 nitrogen and oxygen atoms in total. The highest BCUT2D eigenvalue weighted by atomic mass is 15.0. The van der Waals surface area contributed by atoms with Gasteiger partial charge < -0.3 is 5.32 Å². The van der Waals surface area contributed by atoms with Crippen LogP contribution in [0.5, 0.6) is 0 Å². The van der Waals surface area contributed by atoms with Crippen LogP contribution in [-0.2, 0) is 25.8 Å². The van der Waals surface area contributed by atoms with Gasteiger partial charge in [-0.2, -0.15) is 0 Å². The van der Waals surface area contributed by atoms with Crippen LogP contribution >= 0.6 is 0 Å².